The van der Waals surface area contributed by atoms with Crippen molar-refractivity contribution in [3.63, 3.8) is 0 Å². The van der Waals surface area contributed by atoms with Crippen LogP contribution in [0.3, 0.4) is 0 Å². The van der Waals surface area contributed by atoms with E-state index >= 15 is 0 Å². The van der Waals surface area contributed by atoms with Gasteiger partial charge in [0, 0.05) is 22.6 Å². The first kappa shape index (κ1) is 24.1. The zero-order valence-corrected chi connectivity index (χ0v) is 20.0. The molecule has 0 heterocycles. The number of methoxy groups -OCH3 is 1. The minimum Gasteiger partial charge on any atom is -0.497 e. The fraction of sp³-hybridized carbons (Fsp3) is 0.480. The highest BCUT2D eigenvalue weighted by molar-refractivity contribution is 7.98. The van der Waals surface area contributed by atoms with E-state index in [1.165, 1.54) is 18.4 Å². The quantitative estimate of drug-likeness (QED) is 0.408. The van der Waals surface area contributed by atoms with Gasteiger partial charge in [0.1, 0.15) is 5.75 Å². The van der Waals surface area contributed by atoms with Crippen LogP contribution in [0.25, 0.3) is 0 Å². The fourth-order valence-corrected chi connectivity index (χ4v) is 3.84. The number of thioether (sulfide) groups is 1. The van der Waals surface area contributed by atoms with Gasteiger partial charge < -0.3 is 15.4 Å². The molecule has 0 aliphatic carbocycles. The van der Waals surface area contributed by atoms with Crippen molar-refractivity contribution in [2.45, 2.75) is 58.1 Å². The lowest BCUT2D eigenvalue weighted by atomic mass is 9.95. The molecule has 2 rings (SSSR count). The van der Waals surface area contributed by atoms with Crippen molar-refractivity contribution in [2.75, 3.05) is 24.3 Å². The normalized spacial score (nSPS) is 12.3. The summed E-state index contributed by atoms with van der Waals surface area (Å²) in [6.07, 6.45) is 2.36. The summed E-state index contributed by atoms with van der Waals surface area (Å²) in [7, 11) is 1.68. The highest BCUT2D eigenvalue weighted by Crippen LogP contribution is 2.32. The number of ether oxygens (including phenoxy) is 1. The van der Waals surface area contributed by atoms with Crippen molar-refractivity contribution >= 4 is 29.0 Å². The number of amides is 1. The fourth-order valence-electron chi connectivity index (χ4n) is 2.95. The van der Waals surface area contributed by atoms with E-state index < -0.39 is 5.41 Å². The Labute approximate surface area is 186 Å². The minimum atomic E-state index is -0.445. The molecule has 2 N–H and O–H groups in total. The molecule has 0 spiro atoms. The molecule has 0 aliphatic rings. The van der Waals surface area contributed by atoms with E-state index in [0.717, 1.165) is 34.3 Å². The molecule has 5 heteroatoms. The lowest BCUT2D eigenvalue weighted by molar-refractivity contribution is -0.123. The lowest BCUT2D eigenvalue weighted by Crippen LogP contribution is -2.28. The summed E-state index contributed by atoms with van der Waals surface area (Å²) >= 11 is 1.76. The van der Waals surface area contributed by atoms with Crippen molar-refractivity contribution < 1.29 is 9.53 Å². The van der Waals surface area contributed by atoms with Gasteiger partial charge in [0.15, 0.2) is 0 Å². The topological polar surface area (TPSA) is 50.4 Å². The number of benzene rings is 2. The molecule has 164 valence electrons. The van der Waals surface area contributed by atoms with Crippen molar-refractivity contribution in [2.24, 2.45) is 11.3 Å². The van der Waals surface area contributed by atoms with Gasteiger partial charge in [-0.25, -0.2) is 0 Å². The van der Waals surface area contributed by atoms with Gasteiger partial charge >= 0.3 is 0 Å². The molecule has 0 radical (unpaired) electrons. The predicted molar refractivity (Wildman–Crippen MR) is 130 cm³/mol. The molecular formula is C25H36N2O2S. The second-order valence-electron chi connectivity index (χ2n) is 8.82. The molecule has 2 aromatic carbocycles. The molecular weight excluding hydrogens is 392 g/mol. The molecule has 0 saturated heterocycles. The van der Waals surface area contributed by atoms with Crippen LogP contribution >= 0.6 is 11.8 Å². The smallest absolute Gasteiger partial charge is 0.229 e. The molecule has 0 aromatic heterocycles. The number of carbonyl (C=O) groups excluding carboxylic acids is 1. The molecule has 30 heavy (non-hydrogen) atoms. The van der Waals surface area contributed by atoms with E-state index in [0.29, 0.717) is 5.92 Å². The van der Waals surface area contributed by atoms with Crippen LogP contribution in [0, 0.1) is 11.3 Å². The maximum Gasteiger partial charge on any atom is 0.229 e. The van der Waals surface area contributed by atoms with Crippen molar-refractivity contribution in [1.29, 1.82) is 0 Å². The Morgan fingerprint density at radius 1 is 1.10 bits per heavy atom. The van der Waals surface area contributed by atoms with E-state index in [4.69, 9.17) is 4.74 Å². The predicted octanol–water partition coefficient (Wildman–Crippen LogP) is 6.82. The molecule has 1 unspecified atom stereocenters. The second-order valence-corrected chi connectivity index (χ2v) is 9.87. The Hall–Kier alpha value is -2.14. The van der Waals surface area contributed by atoms with Gasteiger partial charge in [-0.2, -0.15) is 0 Å². The average molecular weight is 429 g/mol. The van der Waals surface area contributed by atoms with E-state index in [-0.39, 0.29) is 5.91 Å². The Kier molecular flexibility index (Phi) is 9.09. The van der Waals surface area contributed by atoms with Crippen LogP contribution < -0.4 is 15.4 Å². The number of rotatable bonds is 10. The maximum atomic E-state index is 12.6. The third-order valence-corrected chi connectivity index (χ3v) is 5.97. The van der Waals surface area contributed by atoms with Gasteiger partial charge in [-0.15, -0.1) is 11.8 Å². The summed E-state index contributed by atoms with van der Waals surface area (Å²) < 4.78 is 5.23. The van der Waals surface area contributed by atoms with Crippen LogP contribution in [-0.4, -0.2) is 19.6 Å². The van der Waals surface area contributed by atoms with Crippen LogP contribution in [0.1, 0.15) is 53.0 Å². The molecule has 0 saturated carbocycles. The summed E-state index contributed by atoms with van der Waals surface area (Å²) in [5.74, 6) is 2.33. The summed E-state index contributed by atoms with van der Waals surface area (Å²) in [5, 5.41) is 6.66. The van der Waals surface area contributed by atoms with Gasteiger partial charge in [-0.05, 0) is 48.2 Å². The average Bonchev–Trinajstić information content (AvgIpc) is 2.71. The first-order valence-corrected chi connectivity index (χ1v) is 11.7. The number of anilines is 2. The van der Waals surface area contributed by atoms with Gasteiger partial charge in [-0.3, -0.25) is 4.79 Å². The Morgan fingerprint density at radius 2 is 1.80 bits per heavy atom. The summed E-state index contributed by atoms with van der Waals surface area (Å²) in [5.41, 5.74) is 2.61. The zero-order valence-electron chi connectivity index (χ0n) is 19.2. The van der Waals surface area contributed by atoms with Crippen LogP contribution in [0.15, 0.2) is 47.4 Å². The SMILES string of the molecule is CCCC(C)CNc1ccc(SCc2ccc(OC)cc2)cc1NC(=O)C(C)(C)C. The van der Waals surface area contributed by atoms with Gasteiger partial charge in [-0.1, -0.05) is 53.2 Å². The number of nitrogens with one attached hydrogen (secondary N) is 2. The number of hydrogen-bond acceptors (Lipinski definition) is 4. The van der Waals surface area contributed by atoms with Gasteiger partial charge in [0.25, 0.3) is 0 Å². The molecule has 1 atom stereocenters. The third-order valence-electron chi connectivity index (χ3n) is 4.91. The van der Waals surface area contributed by atoms with Crippen molar-refractivity contribution in [3.05, 3.63) is 48.0 Å². The van der Waals surface area contributed by atoms with E-state index in [9.17, 15) is 4.79 Å². The Balaban J connectivity index is 2.14. The first-order valence-electron chi connectivity index (χ1n) is 10.7. The summed E-state index contributed by atoms with van der Waals surface area (Å²) in [6, 6.07) is 14.4. The first-order chi connectivity index (χ1) is 14.2. The minimum absolute atomic E-state index is 0.0180. The molecule has 0 fully saturated rings. The highest BCUT2D eigenvalue weighted by Gasteiger charge is 2.22. The van der Waals surface area contributed by atoms with Crippen LogP contribution in [-0.2, 0) is 10.5 Å². The number of hydrogen-bond donors (Lipinski definition) is 2. The second kappa shape index (κ2) is 11.3. The largest absolute Gasteiger partial charge is 0.497 e. The van der Waals surface area contributed by atoms with Crippen molar-refractivity contribution in [1.82, 2.24) is 0 Å². The number of carbonyl (C=O) groups is 1. The zero-order chi connectivity index (χ0) is 22.1. The summed E-state index contributed by atoms with van der Waals surface area (Å²) in [6.45, 7) is 11.1. The highest BCUT2D eigenvalue weighted by atomic mass is 32.2. The van der Waals surface area contributed by atoms with Crippen LogP contribution in [0.2, 0.25) is 0 Å². The van der Waals surface area contributed by atoms with Gasteiger partial charge in [0.05, 0.1) is 18.5 Å². The standard InChI is InChI=1S/C25H36N2O2S/c1-7-8-18(2)16-26-22-14-13-21(15-23(22)27-24(28)25(3,4)5)30-17-19-9-11-20(29-6)12-10-19/h9-15,18,26H,7-8,16-17H2,1-6H3,(H,27,28). The molecule has 0 bridgehead atoms. The Bertz CT molecular complexity index is 813. The molecule has 4 nitrogen and oxygen atoms in total. The Morgan fingerprint density at radius 3 is 2.40 bits per heavy atom. The van der Waals surface area contributed by atoms with Gasteiger partial charge in [0.2, 0.25) is 5.91 Å². The van der Waals surface area contributed by atoms with Crippen molar-refractivity contribution in [3.8, 4) is 5.75 Å². The monoisotopic (exact) mass is 428 g/mol. The van der Waals surface area contributed by atoms with E-state index in [1.54, 1.807) is 18.9 Å². The maximum absolute atomic E-state index is 12.6. The molecule has 0 aliphatic heterocycles. The van der Waals surface area contributed by atoms with Crippen LogP contribution in [0.4, 0.5) is 11.4 Å². The summed E-state index contributed by atoms with van der Waals surface area (Å²) in [4.78, 5) is 13.7. The molecule has 1 amide bonds. The third kappa shape index (κ3) is 7.60. The molecule has 2 aromatic rings. The van der Waals surface area contributed by atoms with Crippen LogP contribution in [0.5, 0.6) is 5.75 Å². The van der Waals surface area contributed by atoms with E-state index in [2.05, 4.69) is 54.8 Å². The van der Waals surface area contributed by atoms with E-state index in [1.807, 2.05) is 32.9 Å². The lowest BCUT2D eigenvalue weighted by Gasteiger charge is -2.21.